The van der Waals surface area contributed by atoms with Crippen LogP contribution in [0.15, 0.2) is 115 Å². The van der Waals surface area contributed by atoms with Crippen LogP contribution in [-0.2, 0) is 0 Å². The van der Waals surface area contributed by atoms with Crippen molar-refractivity contribution in [3.05, 3.63) is 131 Å². The van der Waals surface area contributed by atoms with Crippen molar-refractivity contribution in [2.24, 2.45) is 0 Å². The molecule has 0 aliphatic rings. The van der Waals surface area contributed by atoms with E-state index in [-0.39, 0.29) is 10.6 Å². The SMILES string of the molecule is O=[N+]([O-])c1ccc(C=[As](c2ccccc2)(c2ccccc2)c2ccccc2)cc1. The monoisotopic (exact) mass is 441 g/mol. The Bertz CT molecular complexity index is 1050. The number of non-ortho nitro benzene ring substituents is 1. The van der Waals surface area contributed by atoms with Gasteiger partial charge in [-0.2, -0.15) is 0 Å². The van der Waals surface area contributed by atoms with Crippen molar-refractivity contribution in [3.63, 3.8) is 0 Å². The van der Waals surface area contributed by atoms with E-state index in [9.17, 15) is 10.1 Å². The van der Waals surface area contributed by atoms with Gasteiger partial charge in [0.05, 0.1) is 0 Å². The molecule has 4 aromatic rings. The number of hydrogen-bond acceptors (Lipinski definition) is 2. The van der Waals surface area contributed by atoms with E-state index in [1.54, 1.807) is 12.1 Å². The summed E-state index contributed by atoms with van der Waals surface area (Å²) >= 11 is -2.97. The molecule has 0 saturated heterocycles. The second kappa shape index (κ2) is 8.38. The Labute approximate surface area is 172 Å². The fourth-order valence-electron chi connectivity index (χ4n) is 3.57. The molecule has 29 heavy (non-hydrogen) atoms. The minimum absolute atomic E-state index is 0.109. The van der Waals surface area contributed by atoms with Crippen molar-refractivity contribution in [2.75, 3.05) is 0 Å². The summed E-state index contributed by atoms with van der Waals surface area (Å²) in [5, 5.41) is 11.1. The molecule has 0 spiro atoms. The van der Waals surface area contributed by atoms with Crippen molar-refractivity contribution in [2.45, 2.75) is 0 Å². The molecule has 0 aromatic heterocycles. The second-order valence-corrected chi connectivity index (χ2v) is 13.5. The van der Waals surface area contributed by atoms with Crippen LogP contribution in [0.25, 0.3) is 0 Å². The van der Waals surface area contributed by atoms with Gasteiger partial charge in [0.2, 0.25) is 0 Å². The van der Waals surface area contributed by atoms with Gasteiger partial charge in [0.15, 0.2) is 0 Å². The van der Waals surface area contributed by atoms with E-state index in [0.29, 0.717) is 0 Å². The maximum absolute atomic E-state index is 11.1. The summed E-state index contributed by atoms with van der Waals surface area (Å²) in [6, 6.07) is 38.7. The van der Waals surface area contributed by atoms with Crippen molar-refractivity contribution in [3.8, 4) is 0 Å². The average Bonchev–Trinajstić information content (AvgIpc) is 2.79. The van der Waals surface area contributed by atoms with Crippen LogP contribution in [0, 0.1) is 10.1 Å². The van der Waals surface area contributed by atoms with Crippen LogP contribution in [0.2, 0.25) is 0 Å². The molecule has 4 heteroatoms. The van der Waals surface area contributed by atoms with E-state index in [1.807, 2.05) is 30.3 Å². The number of rotatable bonds is 5. The number of nitro groups is 1. The van der Waals surface area contributed by atoms with Gasteiger partial charge in [-0.1, -0.05) is 0 Å². The van der Waals surface area contributed by atoms with Crippen molar-refractivity contribution in [1.82, 2.24) is 0 Å². The quantitative estimate of drug-likeness (QED) is 0.270. The van der Waals surface area contributed by atoms with Gasteiger partial charge in [0.1, 0.15) is 0 Å². The van der Waals surface area contributed by atoms with Crippen molar-refractivity contribution < 1.29 is 4.92 Å². The molecule has 3 nitrogen and oxygen atoms in total. The first-order valence-corrected chi connectivity index (χ1v) is 13.3. The summed E-state index contributed by atoms with van der Waals surface area (Å²) in [4.78, 5) is 13.1. The third-order valence-electron chi connectivity index (χ3n) is 4.94. The van der Waals surface area contributed by atoms with Crippen molar-refractivity contribution >= 4 is 36.7 Å². The topological polar surface area (TPSA) is 43.1 Å². The Morgan fingerprint density at radius 1 is 0.586 bits per heavy atom. The molecule has 0 bridgehead atoms. The molecule has 0 amide bonds. The van der Waals surface area contributed by atoms with E-state index in [0.717, 1.165) is 5.56 Å². The molecule has 0 N–H and O–H groups in total. The van der Waals surface area contributed by atoms with Crippen molar-refractivity contribution in [1.29, 1.82) is 0 Å². The average molecular weight is 441 g/mol. The van der Waals surface area contributed by atoms with Crippen LogP contribution in [0.1, 0.15) is 5.56 Å². The standard InChI is InChI=1S/C25H20AsNO2/c28-27(29)25-18-16-21(17-19-25)20-26(22-10-4-1-5-11-22,23-12-6-2-7-13-23)24-14-8-3-9-15-24/h1-20H. The van der Waals surface area contributed by atoms with Gasteiger partial charge in [-0.15, -0.1) is 0 Å². The molecule has 0 aliphatic heterocycles. The summed E-state index contributed by atoms with van der Waals surface area (Å²) < 4.78 is 3.92. The Kier molecular flexibility index (Phi) is 5.50. The van der Waals surface area contributed by atoms with E-state index < -0.39 is 13.1 Å². The molecule has 0 atom stereocenters. The van der Waals surface area contributed by atoms with Gasteiger partial charge < -0.3 is 0 Å². The summed E-state index contributed by atoms with van der Waals surface area (Å²) in [6.45, 7) is 0. The van der Waals surface area contributed by atoms with E-state index in [1.165, 1.54) is 13.1 Å². The van der Waals surface area contributed by atoms with Crippen LogP contribution < -0.4 is 13.1 Å². The number of nitro benzene ring substituents is 1. The zero-order valence-electron chi connectivity index (χ0n) is 15.8. The molecule has 142 valence electrons. The summed E-state index contributed by atoms with van der Waals surface area (Å²) in [6.07, 6.45) is 0. The van der Waals surface area contributed by atoms with E-state index in [2.05, 4.69) is 77.6 Å². The van der Waals surface area contributed by atoms with Gasteiger partial charge in [-0.05, 0) is 0 Å². The van der Waals surface area contributed by atoms with Gasteiger partial charge in [-0.25, -0.2) is 0 Å². The summed E-state index contributed by atoms with van der Waals surface area (Å²) in [5.74, 6) is 0. The van der Waals surface area contributed by atoms with Gasteiger partial charge in [0, 0.05) is 0 Å². The maximum atomic E-state index is 11.1. The Morgan fingerprint density at radius 3 is 1.31 bits per heavy atom. The van der Waals surface area contributed by atoms with Gasteiger partial charge in [0.25, 0.3) is 0 Å². The minimum atomic E-state index is -2.97. The van der Waals surface area contributed by atoms with Crippen LogP contribution in [0.5, 0.6) is 0 Å². The summed E-state index contributed by atoms with van der Waals surface area (Å²) in [5.41, 5.74) is 1.11. The first kappa shape index (κ1) is 19.0. The predicted molar refractivity (Wildman–Crippen MR) is 122 cm³/mol. The van der Waals surface area contributed by atoms with Gasteiger partial charge >= 0.3 is 173 Å². The van der Waals surface area contributed by atoms with Crippen LogP contribution >= 0.6 is 0 Å². The van der Waals surface area contributed by atoms with Crippen LogP contribution in [-0.4, -0.2) is 22.8 Å². The van der Waals surface area contributed by atoms with Crippen LogP contribution in [0.4, 0.5) is 5.69 Å². The van der Waals surface area contributed by atoms with Crippen LogP contribution in [0.3, 0.4) is 0 Å². The first-order chi connectivity index (χ1) is 14.2. The third kappa shape index (κ3) is 3.83. The molecule has 4 aromatic carbocycles. The molecule has 0 fully saturated rings. The molecular weight excluding hydrogens is 421 g/mol. The molecule has 0 heterocycles. The molecule has 0 aliphatic carbocycles. The number of benzene rings is 4. The predicted octanol–water partition coefficient (Wildman–Crippen LogP) is 3.50. The number of hydrogen-bond donors (Lipinski definition) is 0. The first-order valence-electron chi connectivity index (χ1n) is 9.36. The third-order valence-corrected chi connectivity index (χ3v) is 13.4. The molecule has 0 radical (unpaired) electrons. The molecule has 4 rings (SSSR count). The Morgan fingerprint density at radius 2 is 0.966 bits per heavy atom. The number of nitrogens with zero attached hydrogens (tertiary/aromatic N) is 1. The molecule has 0 saturated carbocycles. The molecule has 0 unspecified atom stereocenters. The second-order valence-electron chi connectivity index (χ2n) is 6.71. The Hall–Kier alpha value is -3.29. The fourth-order valence-corrected chi connectivity index (χ4v) is 11.7. The van der Waals surface area contributed by atoms with E-state index >= 15 is 0 Å². The Balaban J connectivity index is 2.06. The zero-order chi connectivity index (χ0) is 20.1. The zero-order valence-corrected chi connectivity index (χ0v) is 17.6. The molecular formula is C25H20AsNO2. The summed E-state index contributed by atoms with van der Waals surface area (Å²) in [7, 11) is 0. The fraction of sp³-hybridized carbons (Fsp3) is 0. The normalized spacial score (nSPS) is 11.0. The van der Waals surface area contributed by atoms with Gasteiger partial charge in [-0.3, -0.25) is 0 Å². The van der Waals surface area contributed by atoms with E-state index in [4.69, 9.17) is 0 Å².